The van der Waals surface area contributed by atoms with Gasteiger partial charge in [-0.15, -0.1) is 0 Å². The molecule has 0 N–H and O–H groups in total. The zero-order valence-electron chi connectivity index (χ0n) is 12.6. The maximum Gasteiger partial charge on any atom is 0.132 e. The molecule has 2 aromatic carbocycles. The summed E-state index contributed by atoms with van der Waals surface area (Å²) in [6, 6.07) is 18.6. The smallest absolute Gasteiger partial charge is 0.132 e. The molecule has 0 saturated heterocycles. The van der Waals surface area contributed by atoms with E-state index >= 15 is 0 Å². The molecule has 0 amide bonds. The minimum atomic E-state index is 0.821. The van der Waals surface area contributed by atoms with Crippen LogP contribution < -0.4 is 9.49 Å². The number of benzene rings is 2. The molecule has 0 spiro atoms. The second-order valence-corrected chi connectivity index (χ2v) is 5.71. The van der Waals surface area contributed by atoms with Gasteiger partial charge in [-0.1, -0.05) is 18.2 Å². The Bertz CT molecular complexity index is 565. The number of hydrogen-bond donors (Lipinski definition) is 0. The summed E-state index contributed by atoms with van der Waals surface area (Å²) in [6.07, 6.45) is 1.88. The fraction of sp³-hybridized carbons (Fsp3) is 0.235. The molecule has 0 bridgehead atoms. The zero-order chi connectivity index (χ0) is 14.6. The number of rotatable bonds is 4. The molecule has 0 radical (unpaired) electrons. The molecule has 0 aliphatic rings. The maximum atomic E-state index is 4.46. The third-order valence-corrected chi connectivity index (χ3v) is 3.18. The van der Waals surface area contributed by atoms with Crippen LogP contribution in [0.2, 0.25) is 0 Å². The Balaban J connectivity index is 2.08. The van der Waals surface area contributed by atoms with Gasteiger partial charge in [0.2, 0.25) is 0 Å². The third-order valence-electron chi connectivity index (χ3n) is 3.18. The Hall–Kier alpha value is -2.13. The van der Waals surface area contributed by atoms with Crippen LogP contribution in [0.1, 0.15) is 5.56 Å². The van der Waals surface area contributed by atoms with Crippen molar-refractivity contribution in [2.24, 2.45) is 5.10 Å². The predicted molar refractivity (Wildman–Crippen MR) is 88.4 cm³/mol. The highest BCUT2D eigenvalue weighted by molar-refractivity contribution is 5.81. The maximum absolute atomic E-state index is 4.46. The first-order valence-corrected chi connectivity index (χ1v) is 6.71. The van der Waals surface area contributed by atoms with E-state index in [0.717, 1.165) is 15.7 Å². The molecule has 0 heterocycles. The highest BCUT2D eigenvalue weighted by Crippen LogP contribution is 2.17. The van der Waals surface area contributed by atoms with Crippen LogP contribution >= 0.6 is 0 Å². The molecule has 0 aromatic heterocycles. The number of para-hydroxylation sites is 1. The van der Waals surface area contributed by atoms with Gasteiger partial charge in [-0.3, -0.25) is 9.49 Å². The van der Waals surface area contributed by atoms with Gasteiger partial charge in [0.05, 0.1) is 33.0 Å². The van der Waals surface area contributed by atoms with Crippen molar-refractivity contribution < 1.29 is 0 Å². The van der Waals surface area contributed by atoms with Gasteiger partial charge in [0.25, 0.3) is 0 Å². The fourth-order valence-corrected chi connectivity index (χ4v) is 1.87. The molecule has 2 rings (SSSR count). The van der Waals surface area contributed by atoms with Crippen molar-refractivity contribution in [2.45, 2.75) is 0 Å². The van der Waals surface area contributed by atoms with E-state index in [1.807, 2.05) is 48.6 Å². The van der Waals surface area contributed by atoms with Gasteiger partial charge in [-0.2, -0.15) is 5.10 Å². The Labute approximate surface area is 121 Å². The van der Waals surface area contributed by atoms with Crippen LogP contribution in [0.25, 0.3) is 0 Å². The van der Waals surface area contributed by atoms with E-state index in [4.69, 9.17) is 0 Å². The van der Waals surface area contributed by atoms with E-state index in [1.54, 1.807) is 0 Å². The van der Waals surface area contributed by atoms with Crippen LogP contribution in [-0.2, 0) is 0 Å². The van der Waals surface area contributed by atoms with Crippen LogP contribution in [0.15, 0.2) is 59.7 Å². The van der Waals surface area contributed by atoms with E-state index in [0.29, 0.717) is 0 Å². The molecule has 0 aliphatic carbocycles. The molecular formula is C17H22N3+. The normalized spacial score (nSPS) is 11.8. The molecule has 0 saturated carbocycles. The van der Waals surface area contributed by atoms with Crippen molar-refractivity contribution in [3.05, 3.63) is 60.2 Å². The van der Waals surface area contributed by atoms with Crippen LogP contribution in [-0.4, -0.2) is 34.4 Å². The lowest BCUT2D eigenvalue weighted by molar-refractivity contribution is 0.486. The molecule has 3 nitrogen and oxygen atoms in total. The zero-order valence-corrected chi connectivity index (χ0v) is 12.6. The standard InChI is InChI=1S/C17H22N3/c1-19(16-8-6-5-7-9-16)18-14-15-10-12-17(13-11-15)20(2,3)4/h5-14H,1-4H3/q+1/b18-14-. The molecule has 0 unspecified atom stereocenters. The quantitative estimate of drug-likeness (QED) is 0.472. The summed E-state index contributed by atoms with van der Waals surface area (Å²) in [7, 11) is 8.43. The van der Waals surface area contributed by atoms with E-state index in [-0.39, 0.29) is 0 Å². The van der Waals surface area contributed by atoms with Crippen molar-refractivity contribution >= 4 is 17.6 Å². The molecular weight excluding hydrogens is 246 g/mol. The monoisotopic (exact) mass is 268 g/mol. The summed E-state index contributed by atoms with van der Waals surface area (Å²) in [5.74, 6) is 0. The highest BCUT2D eigenvalue weighted by atomic mass is 15.4. The number of hydrogen-bond acceptors (Lipinski definition) is 2. The number of anilines is 1. The van der Waals surface area contributed by atoms with Crippen molar-refractivity contribution in [3.63, 3.8) is 0 Å². The Morgan fingerprint density at radius 3 is 2.05 bits per heavy atom. The van der Waals surface area contributed by atoms with Gasteiger partial charge < -0.3 is 0 Å². The minimum Gasteiger partial charge on any atom is -0.298 e. The summed E-state index contributed by atoms with van der Waals surface area (Å²) in [5, 5.41) is 6.33. The van der Waals surface area contributed by atoms with Gasteiger partial charge in [0, 0.05) is 7.05 Å². The first-order valence-electron chi connectivity index (χ1n) is 6.71. The van der Waals surface area contributed by atoms with Gasteiger partial charge >= 0.3 is 0 Å². The number of quaternary nitrogens is 1. The van der Waals surface area contributed by atoms with E-state index in [2.05, 4.69) is 50.5 Å². The first-order chi connectivity index (χ1) is 9.47. The van der Waals surface area contributed by atoms with Crippen molar-refractivity contribution in [1.29, 1.82) is 0 Å². The average Bonchev–Trinajstić information content (AvgIpc) is 2.45. The lowest BCUT2D eigenvalue weighted by Gasteiger charge is -2.23. The first kappa shape index (κ1) is 14.3. The van der Waals surface area contributed by atoms with Crippen molar-refractivity contribution in [1.82, 2.24) is 4.48 Å². The van der Waals surface area contributed by atoms with Gasteiger partial charge in [-0.05, 0) is 42.0 Å². The topological polar surface area (TPSA) is 15.6 Å². The average molecular weight is 268 g/mol. The van der Waals surface area contributed by atoms with E-state index in [9.17, 15) is 0 Å². The highest BCUT2D eigenvalue weighted by Gasteiger charge is 2.10. The molecule has 104 valence electrons. The lowest BCUT2D eigenvalue weighted by atomic mass is 10.2. The van der Waals surface area contributed by atoms with E-state index in [1.165, 1.54) is 5.69 Å². The molecule has 0 fully saturated rings. The Morgan fingerprint density at radius 2 is 1.50 bits per heavy atom. The third kappa shape index (κ3) is 3.68. The summed E-state index contributed by atoms with van der Waals surface area (Å²) >= 11 is 0. The number of hydrazone groups is 1. The van der Waals surface area contributed by atoms with Crippen molar-refractivity contribution in [2.75, 3.05) is 33.2 Å². The van der Waals surface area contributed by atoms with Crippen molar-refractivity contribution in [3.8, 4) is 0 Å². The predicted octanol–water partition coefficient (Wildman–Crippen LogP) is 3.35. The second kappa shape index (κ2) is 5.88. The molecule has 3 heteroatoms. The molecule has 20 heavy (non-hydrogen) atoms. The largest absolute Gasteiger partial charge is 0.298 e. The second-order valence-electron chi connectivity index (χ2n) is 5.71. The van der Waals surface area contributed by atoms with E-state index < -0.39 is 0 Å². The summed E-state index contributed by atoms with van der Waals surface area (Å²) in [4.78, 5) is 0. The van der Waals surface area contributed by atoms with Crippen LogP contribution in [0.3, 0.4) is 0 Å². The molecule has 0 aliphatic heterocycles. The molecule has 0 atom stereocenters. The fourth-order valence-electron chi connectivity index (χ4n) is 1.87. The Kier molecular flexibility index (Phi) is 4.20. The SMILES string of the molecule is CN(/N=C\c1ccc([N+](C)(C)C)cc1)c1ccccc1. The Morgan fingerprint density at radius 1 is 0.900 bits per heavy atom. The lowest BCUT2D eigenvalue weighted by Crippen LogP contribution is -2.34. The van der Waals surface area contributed by atoms with Crippen LogP contribution in [0.4, 0.5) is 11.4 Å². The van der Waals surface area contributed by atoms with Gasteiger partial charge in [-0.25, -0.2) is 0 Å². The molecule has 2 aromatic rings. The van der Waals surface area contributed by atoms with Gasteiger partial charge in [0.1, 0.15) is 5.69 Å². The summed E-state index contributed by atoms with van der Waals surface area (Å²) in [5.41, 5.74) is 3.45. The summed E-state index contributed by atoms with van der Waals surface area (Å²) in [6.45, 7) is 0. The van der Waals surface area contributed by atoms with Crippen LogP contribution in [0, 0.1) is 0 Å². The minimum absolute atomic E-state index is 0.821. The number of nitrogens with zero attached hydrogens (tertiary/aromatic N) is 3. The van der Waals surface area contributed by atoms with Crippen LogP contribution in [0.5, 0.6) is 0 Å². The summed E-state index contributed by atoms with van der Waals surface area (Å²) < 4.78 is 0.821. The van der Waals surface area contributed by atoms with Gasteiger partial charge in [0.15, 0.2) is 0 Å².